The summed E-state index contributed by atoms with van der Waals surface area (Å²) in [5, 5.41) is 4.52. The second-order valence-electron chi connectivity index (χ2n) is 7.07. The van der Waals surface area contributed by atoms with Crippen LogP contribution < -0.4 is 9.47 Å². The van der Waals surface area contributed by atoms with Crippen molar-refractivity contribution in [2.24, 2.45) is 5.92 Å². The number of rotatable bonds is 4. The highest BCUT2D eigenvalue weighted by atomic mass is 16.6. The van der Waals surface area contributed by atoms with Crippen molar-refractivity contribution >= 4 is 0 Å². The molecular formula is C19H26N4O2. The third-order valence-corrected chi connectivity index (χ3v) is 5.04. The van der Waals surface area contributed by atoms with Gasteiger partial charge in [0.15, 0.2) is 11.5 Å². The molecule has 0 N–H and O–H groups in total. The van der Waals surface area contributed by atoms with E-state index >= 15 is 0 Å². The summed E-state index contributed by atoms with van der Waals surface area (Å²) in [6.07, 6.45) is 2.48. The number of hydrogen-bond acceptors (Lipinski definition) is 5. The van der Waals surface area contributed by atoms with Gasteiger partial charge in [-0.25, -0.2) is 9.67 Å². The van der Waals surface area contributed by atoms with Gasteiger partial charge in [0.05, 0.1) is 0 Å². The number of hydrogen-bond donors (Lipinski definition) is 0. The van der Waals surface area contributed by atoms with Crippen LogP contribution in [-0.2, 0) is 13.1 Å². The van der Waals surface area contributed by atoms with Gasteiger partial charge in [0, 0.05) is 25.2 Å². The van der Waals surface area contributed by atoms with Gasteiger partial charge in [-0.2, -0.15) is 5.10 Å². The quantitative estimate of drug-likeness (QED) is 0.855. The molecule has 0 bridgehead atoms. The first-order valence-corrected chi connectivity index (χ1v) is 9.17. The van der Waals surface area contributed by atoms with Crippen molar-refractivity contribution in [2.45, 2.75) is 39.8 Å². The van der Waals surface area contributed by atoms with Crippen molar-refractivity contribution < 1.29 is 9.47 Å². The fourth-order valence-electron chi connectivity index (χ4n) is 3.92. The minimum Gasteiger partial charge on any atom is -0.486 e. The number of fused-ring (bicyclic) bond motifs is 1. The van der Waals surface area contributed by atoms with Crippen molar-refractivity contribution in [3.05, 3.63) is 35.4 Å². The Balaban J connectivity index is 1.43. The van der Waals surface area contributed by atoms with Crippen LogP contribution in [-0.4, -0.2) is 46.0 Å². The molecule has 1 aromatic carbocycles. The number of aromatic nitrogens is 3. The van der Waals surface area contributed by atoms with Gasteiger partial charge in [-0.05, 0) is 45.2 Å². The Labute approximate surface area is 148 Å². The Bertz CT molecular complexity index is 743. The van der Waals surface area contributed by atoms with Crippen molar-refractivity contribution in [3.8, 4) is 11.5 Å². The summed E-state index contributed by atoms with van der Waals surface area (Å²) < 4.78 is 13.6. The highest BCUT2D eigenvalue weighted by Crippen LogP contribution is 2.35. The summed E-state index contributed by atoms with van der Waals surface area (Å²) in [5.74, 6) is 4.30. The normalized spacial score (nSPS) is 20.6. The summed E-state index contributed by atoms with van der Waals surface area (Å²) in [6.45, 7) is 9.36. The largest absolute Gasteiger partial charge is 0.486 e. The second kappa shape index (κ2) is 7.04. The van der Waals surface area contributed by atoms with Gasteiger partial charge in [-0.1, -0.05) is 12.1 Å². The van der Waals surface area contributed by atoms with Gasteiger partial charge >= 0.3 is 0 Å². The van der Waals surface area contributed by atoms with Crippen LogP contribution in [0, 0.1) is 19.8 Å². The highest BCUT2D eigenvalue weighted by Gasteiger charge is 2.23. The molecule has 0 saturated carbocycles. The Morgan fingerprint density at radius 1 is 1.20 bits per heavy atom. The predicted molar refractivity (Wildman–Crippen MR) is 94.9 cm³/mol. The first-order chi connectivity index (χ1) is 12.2. The number of likely N-dealkylation sites (tertiary alicyclic amines) is 1. The minimum absolute atomic E-state index is 0.616. The fourth-order valence-corrected chi connectivity index (χ4v) is 3.92. The number of piperidine rings is 1. The Kier molecular flexibility index (Phi) is 4.61. The number of para-hydroxylation sites is 1. The Morgan fingerprint density at radius 3 is 2.92 bits per heavy atom. The molecule has 2 aliphatic heterocycles. The SMILES string of the molecule is Cc1nc(C)n(C[C@H]2CCCN(Cc3cccc4c3OCCO4)C2)n1. The van der Waals surface area contributed by atoms with Crippen molar-refractivity contribution in [3.63, 3.8) is 0 Å². The van der Waals surface area contributed by atoms with Gasteiger partial charge < -0.3 is 9.47 Å². The van der Waals surface area contributed by atoms with E-state index in [0.717, 1.165) is 49.3 Å². The van der Waals surface area contributed by atoms with Crippen LogP contribution in [0.5, 0.6) is 11.5 Å². The molecule has 3 heterocycles. The first kappa shape index (κ1) is 16.4. The fraction of sp³-hybridized carbons (Fsp3) is 0.579. The molecule has 1 fully saturated rings. The van der Waals surface area contributed by atoms with Crippen LogP contribution >= 0.6 is 0 Å². The van der Waals surface area contributed by atoms with E-state index in [9.17, 15) is 0 Å². The topological polar surface area (TPSA) is 52.4 Å². The molecule has 0 amide bonds. The molecule has 0 aliphatic carbocycles. The lowest BCUT2D eigenvalue weighted by molar-refractivity contribution is 0.143. The number of nitrogens with zero attached hydrogens (tertiary/aromatic N) is 4. The summed E-state index contributed by atoms with van der Waals surface area (Å²) in [6, 6.07) is 6.21. The maximum absolute atomic E-state index is 5.86. The van der Waals surface area contributed by atoms with E-state index in [1.807, 2.05) is 19.9 Å². The van der Waals surface area contributed by atoms with E-state index in [-0.39, 0.29) is 0 Å². The molecule has 1 saturated heterocycles. The van der Waals surface area contributed by atoms with Gasteiger partial charge in [-0.15, -0.1) is 0 Å². The smallest absolute Gasteiger partial charge is 0.165 e. The van der Waals surface area contributed by atoms with Crippen LogP contribution in [0.1, 0.15) is 30.1 Å². The van der Waals surface area contributed by atoms with Crippen molar-refractivity contribution in [2.75, 3.05) is 26.3 Å². The molecule has 6 heteroatoms. The molecule has 134 valence electrons. The van der Waals surface area contributed by atoms with Crippen LogP contribution in [0.2, 0.25) is 0 Å². The van der Waals surface area contributed by atoms with E-state index < -0.39 is 0 Å². The molecule has 1 atom stereocenters. The third kappa shape index (κ3) is 3.63. The summed E-state index contributed by atoms with van der Waals surface area (Å²) >= 11 is 0. The lowest BCUT2D eigenvalue weighted by Crippen LogP contribution is -2.37. The molecule has 2 aromatic rings. The Morgan fingerprint density at radius 2 is 2.08 bits per heavy atom. The van der Waals surface area contributed by atoms with E-state index in [2.05, 4.69) is 31.8 Å². The highest BCUT2D eigenvalue weighted by molar-refractivity contribution is 5.47. The predicted octanol–water partition coefficient (Wildman–Crippen LogP) is 2.58. The summed E-state index contributed by atoms with van der Waals surface area (Å²) in [4.78, 5) is 6.95. The van der Waals surface area contributed by atoms with E-state index in [1.54, 1.807) is 0 Å². The van der Waals surface area contributed by atoms with Crippen LogP contribution in [0.3, 0.4) is 0 Å². The summed E-state index contributed by atoms with van der Waals surface area (Å²) in [7, 11) is 0. The number of ether oxygens (including phenoxy) is 2. The molecule has 0 radical (unpaired) electrons. The Hall–Kier alpha value is -2.08. The zero-order valence-electron chi connectivity index (χ0n) is 15.1. The second-order valence-corrected chi connectivity index (χ2v) is 7.07. The molecule has 6 nitrogen and oxygen atoms in total. The van der Waals surface area contributed by atoms with Gasteiger partial charge in [0.1, 0.15) is 24.9 Å². The van der Waals surface area contributed by atoms with Crippen LogP contribution in [0.15, 0.2) is 18.2 Å². The zero-order chi connectivity index (χ0) is 17.2. The molecule has 25 heavy (non-hydrogen) atoms. The maximum Gasteiger partial charge on any atom is 0.165 e. The van der Waals surface area contributed by atoms with E-state index in [1.165, 1.54) is 18.4 Å². The van der Waals surface area contributed by atoms with Gasteiger partial charge in [0.2, 0.25) is 0 Å². The minimum atomic E-state index is 0.616. The number of aryl methyl sites for hydroxylation is 2. The van der Waals surface area contributed by atoms with Crippen molar-refractivity contribution in [1.82, 2.24) is 19.7 Å². The summed E-state index contributed by atoms with van der Waals surface area (Å²) in [5.41, 5.74) is 1.23. The van der Waals surface area contributed by atoms with E-state index in [4.69, 9.17) is 9.47 Å². The molecule has 2 aliphatic rings. The first-order valence-electron chi connectivity index (χ1n) is 9.17. The molecule has 0 spiro atoms. The van der Waals surface area contributed by atoms with Crippen molar-refractivity contribution in [1.29, 1.82) is 0 Å². The molecular weight excluding hydrogens is 316 g/mol. The average Bonchev–Trinajstić information content (AvgIpc) is 2.93. The average molecular weight is 342 g/mol. The van der Waals surface area contributed by atoms with Crippen LogP contribution in [0.25, 0.3) is 0 Å². The van der Waals surface area contributed by atoms with Crippen LogP contribution in [0.4, 0.5) is 0 Å². The third-order valence-electron chi connectivity index (χ3n) is 5.04. The standard InChI is InChI=1S/C19H26N4O2/c1-14-20-15(2)23(21-14)12-16-5-4-8-22(11-16)13-17-6-3-7-18-19(17)25-10-9-24-18/h3,6-7,16H,4-5,8-13H2,1-2H3/t16-/m0/s1. The molecule has 1 aromatic heterocycles. The van der Waals surface area contributed by atoms with Gasteiger partial charge in [0.25, 0.3) is 0 Å². The number of benzene rings is 1. The molecule has 4 rings (SSSR count). The maximum atomic E-state index is 5.86. The lowest BCUT2D eigenvalue weighted by atomic mass is 9.97. The molecule has 0 unspecified atom stereocenters. The zero-order valence-corrected chi connectivity index (χ0v) is 15.1. The van der Waals surface area contributed by atoms with Gasteiger partial charge in [-0.3, -0.25) is 4.90 Å². The monoisotopic (exact) mass is 342 g/mol. The van der Waals surface area contributed by atoms with E-state index in [0.29, 0.717) is 19.1 Å². The lowest BCUT2D eigenvalue weighted by Gasteiger charge is -2.33.